The smallest absolute Gasteiger partial charge is 0.478 e. The minimum absolute atomic E-state index is 0.197. The number of hydrogen-bond acceptors (Lipinski definition) is 10. The molecule has 58 heavy (non-hydrogen) atoms. The topological polar surface area (TPSA) is 179 Å². The number of nitrogens with one attached hydrogen (secondary N) is 4. The largest absolute Gasteiger partial charge is 0.573 e. The van der Waals surface area contributed by atoms with Gasteiger partial charge >= 0.3 is 24.4 Å². The first-order valence-corrected chi connectivity index (χ1v) is 18.9. The minimum Gasteiger partial charge on any atom is -0.478 e. The minimum atomic E-state index is -4.78. The number of carbonyl (C=O) groups is 3. The van der Waals surface area contributed by atoms with Crippen molar-refractivity contribution in [2.24, 2.45) is 0 Å². The summed E-state index contributed by atoms with van der Waals surface area (Å²) >= 11 is 1.13. The summed E-state index contributed by atoms with van der Waals surface area (Å²) in [6.45, 7) is 6.29. The molecule has 2 aromatic heterocycles. The van der Waals surface area contributed by atoms with Crippen molar-refractivity contribution in [3.8, 4) is 33.1 Å². The SMILES string of the molecule is CN(C)CCCNC(=O)Nc1ccccc1-c1ccccc1C(=O)O.Cc1nnsc1-c1c(NC(=O)NCCCN(C)C)c(C)nn1-c1ccc(OC(F)(F)F)cc1. The Labute approximate surface area is 338 Å². The van der Waals surface area contributed by atoms with E-state index < -0.39 is 12.3 Å². The highest BCUT2D eigenvalue weighted by Crippen LogP contribution is 2.37. The van der Waals surface area contributed by atoms with Crippen LogP contribution in [0.15, 0.2) is 72.8 Å². The van der Waals surface area contributed by atoms with Gasteiger partial charge < -0.3 is 40.9 Å². The monoisotopic (exact) mass is 824 g/mol. The quantitative estimate of drug-likeness (QED) is 0.0684. The van der Waals surface area contributed by atoms with E-state index in [1.807, 2.05) is 39.2 Å². The molecule has 19 heteroatoms. The van der Waals surface area contributed by atoms with E-state index in [2.05, 4.69) is 45.6 Å². The van der Waals surface area contributed by atoms with Gasteiger partial charge in [-0.2, -0.15) is 5.10 Å². The number of carboxylic acids is 1. The number of halogens is 3. The van der Waals surface area contributed by atoms with E-state index in [0.717, 1.165) is 37.5 Å². The van der Waals surface area contributed by atoms with Crippen molar-refractivity contribution >= 4 is 40.9 Å². The lowest BCUT2D eigenvalue weighted by molar-refractivity contribution is -0.274. The summed E-state index contributed by atoms with van der Waals surface area (Å²) in [4.78, 5) is 40.8. The van der Waals surface area contributed by atoms with Crippen molar-refractivity contribution in [2.45, 2.75) is 33.1 Å². The van der Waals surface area contributed by atoms with Gasteiger partial charge in [-0.3, -0.25) is 0 Å². The molecule has 4 amide bonds. The van der Waals surface area contributed by atoms with E-state index in [0.29, 0.717) is 63.2 Å². The summed E-state index contributed by atoms with van der Waals surface area (Å²) in [7, 11) is 7.88. The summed E-state index contributed by atoms with van der Waals surface area (Å²) in [5, 5.41) is 29.2. The zero-order valence-electron chi connectivity index (χ0n) is 33.0. The zero-order chi connectivity index (χ0) is 42.4. The molecule has 0 radical (unpaired) electrons. The van der Waals surface area contributed by atoms with Crippen LogP contribution in [-0.2, 0) is 0 Å². The van der Waals surface area contributed by atoms with Crippen LogP contribution >= 0.6 is 11.5 Å². The first kappa shape index (κ1) is 44.7. The number of aryl methyl sites for hydroxylation is 2. The van der Waals surface area contributed by atoms with Crippen LogP contribution < -0.4 is 26.0 Å². The molecule has 5 N–H and O–H groups in total. The molecule has 0 bridgehead atoms. The van der Waals surface area contributed by atoms with Crippen LogP contribution in [0.1, 0.15) is 34.6 Å². The Kier molecular flexibility index (Phi) is 16.1. The van der Waals surface area contributed by atoms with Gasteiger partial charge in [0.25, 0.3) is 0 Å². The fourth-order valence-electron chi connectivity index (χ4n) is 5.56. The van der Waals surface area contributed by atoms with Crippen molar-refractivity contribution in [3.05, 3.63) is 89.7 Å². The maximum Gasteiger partial charge on any atom is 0.573 e. The van der Waals surface area contributed by atoms with Crippen LogP contribution in [0.3, 0.4) is 0 Å². The van der Waals surface area contributed by atoms with E-state index in [-0.39, 0.29) is 23.4 Å². The molecular weight excluding hydrogens is 778 g/mol. The molecular formula is C39H47F3N10O5S. The molecule has 310 valence electrons. The van der Waals surface area contributed by atoms with E-state index in [1.54, 1.807) is 56.3 Å². The third-order valence-electron chi connectivity index (χ3n) is 8.24. The number of benzene rings is 3. The maximum absolute atomic E-state index is 12.5. The van der Waals surface area contributed by atoms with Gasteiger partial charge in [0, 0.05) is 18.7 Å². The number of rotatable bonds is 15. The van der Waals surface area contributed by atoms with Gasteiger partial charge in [0.05, 0.1) is 38.9 Å². The Morgan fingerprint density at radius 3 is 1.91 bits per heavy atom. The summed E-state index contributed by atoms with van der Waals surface area (Å²) in [5.74, 6) is -1.35. The predicted octanol–water partition coefficient (Wildman–Crippen LogP) is 7.10. The number of carbonyl (C=O) groups excluding carboxylic acids is 2. The molecule has 5 rings (SSSR count). The number of aromatic nitrogens is 4. The van der Waals surface area contributed by atoms with E-state index in [9.17, 15) is 32.7 Å². The fraction of sp³-hybridized carbons (Fsp3) is 0.333. The zero-order valence-corrected chi connectivity index (χ0v) is 33.8. The van der Waals surface area contributed by atoms with Crippen LogP contribution in [0.4, 0.5) is 34.1 Å². The van der Waals surface area contributed by atoms with Gasteiger partial charge in [0.15, 0.2) is 0 Å². The highest BCUT2D eigenvalue weighted by molar-refractivity contribution is 7.09. The Morgan fingerprint density at radius 1 is 0.793 bits per heavy atom. The van der Waals surface area contributed by atoms with Crippen LogP contribution in [0.25, 0.3) is 27.4 Å². The van der Waals surface area contributed by atoms with Crippen molar-refractivity contribution in [1.82, 2.24) is 39.8 Å². The fourth-order valence-corrected chi connectivity index (χ4v) is 6.25. The standard InChI is InChI=1S/C20H24F3N7O2S.C19H23N3O3/c1-12-16(25-19(31)24-10-5-11-29(3)4)17(18-13(2)26-28-33-18)30(27-12)14-6-8-15(9-7-14)32-20(21,22)23;1-22(2)13-7-12-20-19(25)21-17-11-6-5-9-15(17)14-8-3-4-10-16(14)18(23)24/h6-9H,5,10-11H2,1-4H3,(H2,24,25,31);3-6,8-11H,7,12-13H2,1-2H3,(H,23,24)(H2,20,21,25). The highest BCUT2D eigenvalue weighted by atomic mass is 32.1. The lowest BCUT2D eigenvalue weighted by Crippen LogP contribution is -2.31. The number of nitrogens with zero attached hydrogens (tertiary/aromatic N) is 6. The molecule has 0 saturated carbocycles. The molecule has 0 unspecified atom stereocenters. The molecule has 2 heterocycles. The van der Waals surface area contributed by atoms with E-state index in [4.69, 9.17) is 0 Å². The second-order valence-electron chi connectivity index (χ2n) is 13.4. The lowest BCUT2D eigenvalue weighted by atomic mass is 9.98. The maximum atomic E-state index is 12.5. The first-order chi connectivity index (χ1) is 27.5. The molecule has 5 aromatic rings. The molecule has 15 nitrogen and oxygen atoms in total. The molecule has 0 saturated heterocycles. The molecule has 3 aromatic carbocycles. The van der Waals surface area contributed by atoms with E-state index in [1.165, 1.54) is 28.9 Å². The lowest BCUT2D eigenvalue weighted by Gasteiger charge is -2.14. The van der Waals surface area contributed by atoms with Gasteiger partial charge in [-0.15, -0.1) is 18.3 Å². The van der Waals surface area contributed by atoms with Crippen molar-refractivity contribution in [3.63, 3.8) is 0 Å². The van der Waals surface area contributed by atoms with Gasteiger partial charge in [0.1, 0.15) is 11.4 Å². The molecule has 0 aliphatic heterocycles. The van der Waals surface area contributed by atoms with Gasteiger partial charge in [0.2, 0.25) is 0 Å². The number of amides is 4. The Bertz CT molecular complexity index is 2140. The van der Waals surface area contributed by atoms with Crippen molar-refractivity contribution in [2.75, 3.05) is 65.0 Å². The number of para-hydroxylation sites is 1. The summed E-state index contributed by atoms with van der Waals surface area (Å²) in [5.41, 5.74) is 4.64. The van der Waals surface area contributed by atoms with Crippen LogP contribution in [-0.4, -0.2) is 113 Å². The van der Waals surface area contributed by atoms with Crippen molar-refractivity contribution in [1.29, 1.82) is 0 Å². The van der Waals surface area contributed by atoms with Crippen molar-refractivity contribution < 1.29 is 37.4 Å². The molecule has 0 atom stereocenters. The number of carboxylic acid groups (broad SMARTS) is 1. The normalized spacial score (nSPS) is 11.2. The number of anilines is 2. The number of alkyl halides is 3. The van der Waals surface area contributed by atoms with E-state index >= 15 is 0 Å². The Balaban J connectivity index is 0.000000267. The van der Waals surface area contributed by atoms with Gasteiger partial charge in [-0.05, 0) is 121 Å². The summed E-state index contributed by atoms with van der Waals surface area (Å²) in [6.07, 6.45) is -3.14. The predicted molar refractivity (Wildman–Crippen MR) is 218 cm³/mol. The molecule has 0 aliphatic carbocycles. The first-order valence-electron chi connectivity index (χ1n) is 18.1. The molecule has 0 spiro atoms. The average molecular weight is 825 g/mol. The summed E-state index contributed by atoms with van der Waals surface area (Å²) < 4.78 is 46.9. The van der Waals surface area contributed by atoms with Crippen LogP contribution in [0.5, 0.6) is 5.75 Å². The second-order valence-corrected chi connectivity index (χ2v) is 14.2. The third kappa shape index (κ3) is 13.3. The average Bonchev–Trinajstić information content (AvgIpc) is 3.73. The van der Waals surface area contributed by atoms with Gasteiger partial charge in [-0.25, -0.2) is 19.1 Å². The molecule has 0 fully saturated rings. The Hall–Kier alpha value is -6.05. The van der Waals surface area contributed by atoms with Gasteiger partial charge in [-0.1, -0.05) is 40.9 Å². The third-order valence-corrected chi connectivity index (χ3v) is 9.07. The highest BCUT2D eigenvalue weighted by Gasteiger charge is 2.31. The number of ether oxygens (including phenoxy) is 1. The summed E-state index contributed by atoms with van der Waals surface area (Å²) in [6, 6.07) is 18.5. The van der Waals surface area contributed by atoms with Crippen LogP contribution in [0, 0.1) is 13.8 Å². The number of aromatic carboxylic acids is 1. The number of hydrogen-bond donors (Lipinski definition) is 5. The number of urea groups is 2. The Morgan fingerprint density at radius 2 is 1.36 bits per heavy atom. The molecule has 0 aliphatic rings. The van der Waals surface area contributed by atoms with Crippen LogP contribution in [0.2, 0.25) is 0 Å². The second kappa shape index (κ2) is 20.9.